The standard InChI is InChI=1S/C13H21N3/c1-2-11-9-13(15-10-14-11)16-12-7-5-3-4-6-8-12/h9-10,12H,2-8H2,1H3,(H,14,15,16). The van der Waals surface area contributed by atoms with Crippen molar-refractivity contribution in [1.82, 2.24) is 9.97 Å². The topological polar surface area (TPSA) is 37.8 Å². The van der Waals surface area contributed by atoms with Crippen LogP contribution in [0.5, 0.6) is 0 Å². The second kappa shape index (κ2) is 5.83. The normalized spacial score (nSPS) is 18.1. The smallest absolute Gasteiger partial charge is 0.129 e. The molecule has 0 bridgehead atoms. The van der Waals surface area contributed by atoms with E-state index in [0.717, 1.165) is 17.9 Å². The first kappa shape index (κ1) is 11.4. The van der Waals surface area contributed by atoms with Gasteiger partial charge in [-0.3, -0.25) is 0 Å². The summed E-state index contributed by atoms with van der Waals surface area (Å²) in [4.78, 5) is 8.51. The third-order valence-electron chi connectivity index (χ3n) is 3.29. The van der Waals surface area contributed by atoms with Gasteiger partial charge in [0.2, 0.25) is 0 Å². The summed E-state index contributed by atoms with van der Waals surface area (Å²) >= 11 is 0. The van der Waals surface area contributed by atoms with Crippen molar-refractivity contribution in [3.8, 4) is 0 Å². The minimum absolute atomic E-state index is 0.613. The summed E-state index contributed by atoms with van der Waals surface area (Å²) in [5.74, 6) is 0.999. The zero-order valence-corrected chi connectivity index (χ0v) is 10.1. The molecule has 1 N–H and O–H groups in total. The Morgan fingerprint density at radius 2 is 1.94 bits per heavy atom. The molecule has 0 unspecified atom stereocenters. The first-order chi connectivity index (χ1) is 7.88. The highest BCUT2D eigenvalue weighted by Gasteiger charge is 2.12. The first-order valence-corrected chi connectivity index (χ1v) is 6.46. The number of aryl methyl sites for hydroxylation is 1. The van der Waals surface area contributed by atoms with E-state index in [1.165, 1.54) is 38.5 Å². The Morgan fingerprint density at radius 3 is 2.62 bits per heavy atom. The van der Waals surface area contributed by atoms with Crippen LogP contribution in [-0.2, 0) is 6.42 Å². The SMILES string of the molecule is CCc1cc(NC2CCCCCC2)ncn1. The Morgan fingerprint density at radius 1 is 1.19 bits per heavy atom. The van der Waals surface area contributed by atoms with Gasteiger partial charge in [0.25, 0.3) is 0 Å². The maximum Gasteiger partial charge on any atom is 0.129 e. The van der Waals surface area contributed by atoms with E-state index in [1.54, 1.807) is 6.33 Å². The number of nitrogens with one attached hydrogen (secondary N) is 1. The van der Waals surface area contributed by atoms with Crippen LogP contribution in [0, 0.1) is 0 Å². The second-order valence-electron chi connectivity index (χ2n) is 4.58. The quantitative estimate of drug-likeness (QED) is 0.793. The molecule has 1 aliphatic carbocycles. The predicted octanol–water partition coefficient (Wildman–Crippen LogP) is 3.17. The van der Waals surface area contributed by atoms with Crippen LogP contribution in [0.25, 0.3) is 0 Å². The van der Waals surface area contributed by atoms with E-state index in [0.29, 0.717) is 6.04 Å². The van der Waals surface area contributed by atoms with Crippen LogP contribution in [0.1, 0.15) is 51.1 Å². The van der Waals surface area contributed by atoms with Crippen LogP contribution in [-0.4, -0.2) is 16.0 Å². The number of anilines is 1. The van der Waals surface area contributed by atoms with E-state index in [2.05, 4.69) is 28.3 Å². The molecule has 1 saturated carbocycles. The van der Waals surface area contributed by atoms with Crippen molar-refractivity contribution in [2.24, 2.45) is 0 Å². The first-order valence-electron chi connectivity index (χ1n) is 6.46. The molecule has 1 aliphatic rings. The largest absolute Gasteiger partial charge is 0.367 e. The molecule has 3 heteroatoms. The van der Waals surface area contributed by atoms with Crippen LogP contribution in [0.15, 0.2) is 12.4 Å². The minimum Gasteiger partial charge on any atom is -0.367 e. The molecule has 3 nitrogen and oxygen atoms in total. The summed E-state index contributed by atoms with van der Waals surface area (Å²) in [7, 11) is 0. The molecule has 2 rings (SSSR count). The van der Waals surface area contributed by atoms with Gasteiger partial charge in [-0.1, -0.05) is 32.6 Å². The average molecular weight is 219 g/mol. The number of nitrogens with zero attached hydrogens (tertiary/aromatic N) is 2. The Bertz CT molecular complexity index is 317. The van der Waals surface area contributed by atoms with Crippen molar-refractivity contribution in [3.63, 3.8) is 0 Å². The van der Waals surface area contributed by atoms with Crippen molar-refractivity contribution in [2.75, 3.05) is 5.32 Å². The third-order valence-corrected chi connectivity index (χ3v) is 3.29. The van der Waals surface area contributed by atoms with E-state index in [4.69, 9.17) is 0 Å². The van der Waals surface area contributed by atoms with Gasteiger partial charge < -0.3 is 5.32 Å². The van der Waals surface area contributed by atoms with Gasteiger partial charge in [-0.15, -0.1) is 0 Å². The summed E-state index contributed by atoms with van der Waals surface area (Å²) in [6.45, 7) is 2.12. The van der Waals surface area contributed by atoms with Crippen molar-refractivity contribution in [1.29, 1.82) is 0 Å². The molecule has 0 saturated heterocycles. The Kier molecular flexibility index (Phi) is 4.14. The number of rotatable bonds is 3. The van der Waals surface area contributed by atoms with Gasteiger partial charge in [-0.25, -0.2) is 9.97 Å². The van der Waals surface area contributed by atoms with Crippen LogP contribution in [0.3, 0.4) is 0 Å². The summed E-state index contributed by atoms with van der Waals surface area (Å²) in [5.41, 5.74) is 1.12. The lowest BCUT2D eigenvalue weighted by atomic mass is 10.1. The van der Waals surface area contributed by atoms with Crippen molar-refractivity contribution in [2.45, 2.75) is 57.9 Å². The van der Waals surface area contributed by atoms with Gasteiger partial charge in [-0.05, 0) is 19.3 Å². The van der Waals surface area contributed by atoms with E-state index in [9.17, 15) is 0 Å². The van der Waals surface area contributed by atoms with E-state index >= 15 is 0 Å². The monoisotopic (exact) mass is 219 g/mol. The van der Waals surface area contributed by atoms with Crippen LogP contribution < -0.4 is 5.32 Å². The Hall–Kier alpha value is -1.12. The van der Waals surface area contributed by atoms with Crippen LogP contribution in [0.4, 0.5) is 5.82 Å². The lowest BCUT2D eigenvalue weighted by Crippen LogP contribution is -2.19. The maximum atomic E-state index is 4.29. The molecular formula is C13H21N3. The summed E-state index contributed by atoms with van der Waals surface area (Å²) in [6.07, 6.45) is 10.7. The van der Waals surface area contributed by atoms with Gasteiger partial charge >= 0.3 is 0 Å². The van der Waals surface area contributed by atoms with E-state index in [1.807, 2.05) is 0 Å². The fraction of sp³-hybridized carbons (Fsp3) is 0.692. The van der Waals surface area contributed by atoms with E-state index in [-0.39, 0.29) is 0 Å². The molecular weight excluding hydrogens is 198 g/mol. The molecule has 1 heterocycles. The Labute approximate surface area is 97.7 Å². The van der Waals surface area contributed by atoms with Gasteiger partial charge in [0.15, 0.2) is 0 Å². The fourth-order valence-corrected chi connectivity index (χ4v) is 2.30. The molecule has 1 fully saturated rings. The number of hydrogen-bond acceptors (Lipinski definition) is 3. The van der Waals surface area contributed by atoms with E-state index < -0.39 is 0 Å². The number of hydrogen-bond donors (Lipinski definition) is 1. The van der Waals surface area contributed by atoms with Crippen molar-refractivity contribution >= 4 is 5.82 Å². The highest BCUT2D eigenvalue weighted by atomic mass is 15.0. The summed E-state index contributed by atoms with van der Waals surface area (Å²) < 4.78 is 0. The zero-order valence-electron chi connectivity index (χ0n) is 10.1. The third kappa shape index (κ3) is 3.19. The van der Waals surface area contributed by atoms with Gasteiger partial charge in [0, 0.05) is 17.8 Å². The number of aromatic nitrogens is 2. The van der Waals surface area contributed by atoms with Crippen molar-refractivity contribution in [3.05, 3.63) is 18.1 Å². The summed E-state index contributed by atoms with van der Waals surface area (Å²) in [6, 6.07) is 2.69. The molecule has 88 valence electrons. The zero-order chi connectivity index (χ0) is 11.2. The predicted molar refractivity (Wildman–Crippen MR) is 66.5 cm³/mol. The highest BCUT2D eigenvalue weighted by molar-refractivity contribution is 5.35. The summed E-state index contributed by atoms with van der Waals surface area (Å²) in [5, 5.41) is 3.54. The van der Waals surface area contributed by atoms with Gasteiger partial charge in [-0.2, -0.15) is 0 Å². The van der Waals surface area contributed by atoms with Gasteiger partial charge in [0.1, 0.15) is 12.1 Å². The van der Waals surface area contributed by atoms with Gasteiger partial charge in [0.05, 0.1) is 0 Å². The molecule has 0 aliphatic heterocycles. The lowest BCUT2D eigenvalue weighted by molar-refractivity contribution is 0.617. The minimum atomic E-state index is 0.613. The highest BCUT2D eigenvalue weighted by Crippen LogP contribution is 2.20. The average Bonchev–Trinajstić information content (AvgIpc) is 2.58. The molecule has 1 aromatic heterocycles. The molecule has 0 radical (unpaired) electrons. The van der Waals surface area contributed by atoms with Crippen LogP contribution >= 0.6 is 0 Å². The molecule has 16 heavy (non-hydrogen) atoms. The fourth-order valence-electron chi connectivity index (χ4n) is 2.30. The molecule has 0 amide bonds. The van der Waals surface area contributed by atoms with Crippen LogP contribution in [0.2, 0.25) is 0 Å². The van der Waals surface area contributed by atoms with Crippen molar-refractivity contribution < 1.29 is 0 Å². The Balaban J connectivity index is 1.96. The second-order valence-corrected chi connectivity index (χ2v) is 4.58. The molecule has 1 aromatic rings. The molecule has 0 aromatic carbocycles. The molecule has 0 atom stereocenters. The molecule has 0 spiro atoms. The maximum absolute atomic E-state index is 4.29. The lowest BCUT2D eigenvalue weighted by Gasteiger charge is -2.16.